The summed E-state index contributed by atoms with van der Waals surface area (Å²) in [6.07, 6.45) is 0. The fourth-order valence-electron chi connectivity index (χ4n) is 1.92. The lowest BCUT2D eigenvalue weighted by Crippen LogP contribution is -2.27. The summed E-state index contributed by atoms with van der Waals surface area (Å²) in [6, 6.07) is 4.85. The van der Waals surface area contributed by atoms with Crippen molar-refractivity contribution in [2.45, 2.75) is 25.3 Å². The van der Waals surface area contributed by atoms with Crippen molar-refractivity contribution in [2.75, 3.05) is 12.8 Å². The van der Waals surface area contributed by atoms with Gasteiger partial charge < -0.3 is 10.3 Å². The molecule has 1 aromatic heterocycles. The van der Waals surface area contributed by atoms with Crippen molar-refractivity contribution in [1.82, 2.24) is 9.46 Å². The maximum Gasteiger partial charge on any atom is 0.243 e. The normalized spacial score (nSPS) is 12.0. The highest BCUT2D eigenvalue weighted by atomic mass is 79.9. The Morgan fingerprint density at radius 1 is 1.33 bits per heavy atom. The molecule has 0 fully saturated rings. The zero-order chi connectivity index (χ0) is 15.8. The number of aromatic nitrogens is 1. The molecule has 2 N–H and O–H groups in total. The molecular weight excluding hydrogens is 358 g/mol. The number of hydrogen-bond acceptors (Lipinski definition) is 5. The van der Waals surface area contributed by atoms with Gasteiger partial charge in [0.2, 0.25) is 10.0 Å². The van der Waals surface area contributed by atoms with Gasteiger partial charge in [0, 0.05) is 23.3 Å². The summed E-state index contributed by atoms with van der Waals surface area (Å²) >= 11 is 3.28. The van der Waals surface area contributed by atoms with Gasteiger partial charge in [0.05, 0.1) is 17.1 Å². The summed E-state index contributed by atoms with van der Waals surface area (Å²) < 4.78 is 32.1. The smallest absolute Gasteiger partial charge is 0.243 e. The second kappa shape index (κ2) is 5.78. The summed E-state index contributed by atoms with van der Waals surface area (Å²) in [6.45, 7) is 3.62. The van der Waals surface area contributed by atoms with Crippen LogP contribution in [0.2, 0.25) is 0 Å². The molecule has 2 rings (SSSR count). The van der Waals surface area contributed by atoms with Crippen molar-refractivity contribution >= 4 is 31.6 Å². The Kier molecular flexibility index (Phi) is 4.40. The van der Waals surface area contributed by atoms with E-state index in [0.717, 1.165) is 0 Å². The third kappa shape index (κ3) is 3.28. The molecule has 0 radical (unpaired) electrons. The van der Waals surface area contributed by atoms with E-state index in [9.17, 15) is 8.42 Å². The molecule has 6 nitrogen and oxygen atoms in total. The molecule has 1 aromatic carbocycles. The zero-order valence-electron chi connectivity index (χ0n) is 11.9. The van der Waals surface area contributed by atoms with E-state index in [1.54, 1.807) is 26.0 Å². The van der Waals surface area contributed by atoms with Crippen molar-refractivity contribution in [3.8, 4) is 0 Å². The lowest BCUT2D eigenvalue weighted by atomic mass is 10.2. The molecule has 0 amide bonds. The van der Waals surface area contributed by atoms with Crippen LogP contribution in [0.5, 0.6) is 0 Å². The average molecular weight is 374 g/mol. The number of hydrogen-bond donors (Lipinski definition) is 1. The number of nitrogens with two attached hydrogens (primary N) is 1. The Hall–Kier alpha value is -1.38. The van der Waals surface area contributed by atoms with Gasteiger partial charge in [-0.3, -0.25) is 0 Å². The largest absolute Gasteiger partial charge is 0.398 e. The maximum absolute atomic E-state index is 12.6. The van der Waals surface area contributed by atoms with E-state index in [2.05, 4.69) is 21.1 Å². The van der Waals surface area contributed by atoms with Gasteiger partial charge in [0.25, 0.3) is 0 Å². The molecule has 0 aliphatic heterocycles. The van der Waals surface area contributed by atoms with Gasteiger partial charge in [-0.2, -0.15) is 4.31 Å². The topological polar surface area (TPSA) is 89.4 Å². The highest BCUT2D eigenvalue weighted by Crippen LogP contribution is 2.28. The molecule has 21 heavy (non-hydrogen) atoms. The van der Waals surface area contributed by atoms with E-state index >= 15 is 0 Å². The number of sulfonamides is 1. The van der Waals surface area contributed by atoms with Crippen LogP contribution in [-0.2, 0) is 16.6 Å². The molecule has 114 valence electrons. The molecule has 0 aliphatic rings. The predicted molar refractivity (Wildman–Crippen MR) is 83.2 cm³/mol. The molecule has 0 aliphatic carbocycles. The van der Waals surface area contributed by atoms with E-state index in [0.29, 0.717) is 27.2 Å². The molecule has 0 bridgehead atoms. The SMILES string of the molecule is Cc1cc(CN(C)S(=O)(=O)c2cc(N)c(Br)cc2C)no1. The molecule has 8 heteroatoms. The second-order valence-electron chi connectivity index (χ2n) is 4.83. The van der Waals surface area contributed by atoms with Crippen LogP contribution in [0, 0.1) is 13.8 Å². The van der Waals surface area contributed by atoms with Crippen LogP contribution in [0.15, 0.2) is 32.1 Å². The molecule has 0 unspecified atom stereocenters. The molecule has 0 atom stereocenters. The summed E-state index contributed by atoms with van der Waals surface area (Å²) in [5, 5.41) is 3.80. The highest BCUT2D eigenvalue weighted by molar-refractivity contribution is 9.10. The third-order valence-electron chi connectivity index (χ3n) is 3.04. The quantitative estimate of drug-likeness (QED) is 0.831. The fraction of sp³-hybridized carbons (Fsp3) is 0.308. The van der Waals surface area contributed by atoms with Crippen LogP contribution in [-0.4, -0.2) is 24.9 Å². The van der Waals surface area contributed by atoms with Gasteiger partial charge in [-0.1, -0.05) is 5.16 Å². The Morgan fingerprint density at radius 3 is 2.57 bits per heavy atom. The number of nitrogens with zero attached hydrogens (tertiary/aromatic N) is 2. The summed E-state index contributed by atoms with van der Waals surface area (Å²) in [5.41, 5.74) is 7.35. The van der Waals surface area contributed by atoms with E-state index in [1.165, 1.54) is 17.4 Å². The zero-order valence-corrected chi connectivity index (χ0v) is 14.3. The van der Waals surface area contributed by atoms with E-state index in [4.69, 9.17) is 10.3 Å². The summed E-state index contributed by atoms with van der Waals surface area (Å²) in [4.78, 5) is 0.186. The van der Waals surface area contributed by atoms with Crippen LogP contribution in [0.3, 0.4) is 0 Å². The fourth-order valence-corrected chi connectivity index (χ4v) is 3.76. The first-order valence-electron chi connectivity index (χ1n) is 6.16. The second-order valence-corrected chi connectivity index (χ2v) is 7.70. The van der Waals surface area contributed by atoms with Crippen molar-refractivity contribution in [2.24, 2.45) is 0 Å². The first kappa shape index (κ1) is 16.0. The molecular formula is C13H16BrN3O3S. The molecule has 0 saturated carbocycles. The van der Waals surface area contributed by atoms with Gasteiger partial charge in [0.1, 0.15) is 5.76 Å². The first-order valence-corrected chi connectivity index (χ1v) is 8.39. The Morgan fingerprint density at radius 2 is 2.00 bits per heavy atom. The van der Waals surface area contributed by atoms with Gasteiger partial charge >= 0.3 is 0 Å². The number of rotatable bonds is 4. The standard InChI is InChI=1S/C13H16BrN3O3S/c1-8-4-11(14)12(15)6-13(8)21(18,19)17(3)7-10-5-9(2)20-16-10/h4-6H,7,15H2,1-3H3. The number of nitrogen functional groups attached to an aromatic ring is 1. The van der Waals surface area contributed by atoms with E-state index < -0.39 is 10.0 Å². The van der Waals surface area contributed by atoms with E-state index in [-0.39, 0.29) is 11.4 Å². The number of halogens is 1. The molecule has 1 heterocycles. The van der Waals surface area contributed by atoms with Crippen LogP contribution < -0.4 is 5.73 Å². The first-order chi connectivity index (χ1) is 9.71. The van der Waals surface area contributed by atoms with E-state index in [1.807, 2.05) is 0 Å². The highest BCUT2D eigenvalue weighted by Gasteiger charge is 2.24. The van der Waals surface area contributed by atoms with Crippen LogP contribution in [0.4, 0.5) is 5.69 Å². The van der Waals surface area contributed by atoms with Crippen LogP contribution in [0.1, 0.15) is 17.0 Å². The van der Waals surface area contributed by atoms with Crippen LogP contribution >= 0.6 is 15.9 Å². The van der Waals surface area contributed by atoms with Crippen molar-refractivity contribution < 1.29 is 12.9 Å². The van der Waals surface area contributed by atoms with Crippen molar-refractivity contribution in [3.05, 3.63) is 39.7 Å². The van der Waals surface area contributed by atoms with Gasteiger partial charge in [-0.15, -0.1) is 0 Å². The maximum atomic E-state index is 12.6. The summed E-state index contributed by atoms with van der Waals surface area (Å²) in [5.74, 6) is 0.639. The average Bonchev–Trinajstić information content (AvgIpc) is 2.79. The minimum Gasteiger partial charge on any atom is -0.398 e. The molecule has 0 saturated heterocycles. The number of benzene rings is 1. The number of anilines is 1. The lowest BCUT2D eigenvalue weighted by molar-refractivity contribution is 0.378. The molecule has 0 spiro atoms. The third-order valence-corrected chi connectivity index (χ3v) is 5.68. The molecule has 2 aromatic rings. The van der Waals surface area contributed by atoms with Crippen LogP contribution in [0.25, 0.3) is 0 Å². The minimum absolute atomic E-state index is 0.134. The Labute approximate surface area is 132 Å². The van der Waals surface area contributed by atoms with Crippen molar-refractivity contribution in [3.63, 3.8) is 0 Å². The van der Waals surface area contributed by atoms with Gasteiger partial charge in [-0.25, -0.2) is 8.42 Å². The Bertz CT molecular complexity index is 771. The van der Waals surface area contributed by atoms with Gasteiger partial charge in [-0.05, 0) is 47.5 Å². The van der Waals surface area contributed by atoms with Crippen molar-refractivity contribution in [1.29, 1.82) is 0 Å². The number of aryl methyl sites for hydroxylation is 2. The Balaban J connectivity index is 2.35. The van der Waals surface area contributed by atoms with Gasteiger partial charge in [0.15, 0.2) is 0 Å². The lowest BCUT2D eigenvalue weighted by Gasteiger charge is -2.18. The minimum atomic E-state index is -3.65. The monoisotopic (exact) mass is 373 g/mol. The predicted octanol–water partition coefficient (Wildman–Crippen LogP) is 2.46. The summed E-state index contributed by atoms with van der Waals surface area (Å²) in [7, 11) is -2.15.